The Balaban J connectivity index is 1.54. The van der Waals surface area contributed by atoms with Gasteiger partial charge in [-0.3, -0.25) is 23.9 Å². The number of methoxy groups -OCH3 is 1. The van der Waals surface area contributed by atoms with Gasteiger partial charge in [-0.25, -0.2) is 4.79 Å². The SMILES string of the molecule is COC(=O)c1cn(C(=O)CCN2C(=O)[C@H]3CC=CC[C@H]3C2=O)c2ccccc12. The van der Waals surface area contributed by atoms with Crippen molar-refractivity contribution in [2.75, 3.05) is 13.7 Å². The second-order valence-electron chi connectivity index (χ2n) is 7.05. The molecule has 1 fully saturated rings. The lowest BCUT2D eigenvalue weighted by atomic mass is 9.85. The molecule has 0 radical (unpaired) electrons. The molecule has 2 aromatic rings. The molecule has 0 N–H and O–H groups in total. The summed E-state index contributed by atoms with van der Waals surface area (Å²) < 4.78 is 6.18. The maximum absolute atomic E-state index is 12.8. The van der Waals surface area contributed by atoms with Gasteiger partial charge in [0.15, 0.2) is 0 Å². The fourth-order valence-corrected chi connectivity index (χ4v) is 4.08. The standard InChI is InChI=1S/C21H20N2O5/c1-28-21(27)16-12-23(17-9-5-4-6-13(16)17)18(24)10-11-22-19(25)14-7-2-3-8-15(14)20(22)26/h2-6,9,12,14-15H,7-8,10-11H2,1H3/t14-,15+. The summed E-state index contributed by atoms with van der Waals surface area (Å²) in [6, 6.07) is 7.04. The Hall–Kier alpha value is -3.22. The number of amides is 2. The number of fused-ring (bicyclic) bond motifs is 2. The first-order valence-corrected chi connectivity index (χ1v) is 9.24. The fraction of sp³-hybridized carbons (Fsp3) is 0.333. The Morgan fingerprint density at radius 2 is 1.71 bits per heavy atom. The van der Waals surface area contributed by atoms with Crippen molar-refractivity contribution in [2.45, 2.75) is 19.3 Å². The number of esters is 1. The Labute approximate surface area is 161 Å². The number of carbonyl (C=O) groups is 4. The summed E-state index contributed by atoms with van der Waals surface area (Å²) in [6.07, 6.45) is 6.46. The number of allylic oxidation sites excluding steroid dienone is 2. The van der Waals surface area contributed by atoms with Crippen molar-refractivity contribution in [3.8, 4) is 0 Å². The van der Waals surface area contributed by atoms with Gasteiger partial charge in [-0.1, -0.05) is 30.4 Å². The molecule has 0 unspecified atom stereocenters. The minimum atomic E-state index is -0.524. The summed E-state index contributed by atoms with van der Waals surface area (Å²) in [6.45, 7) is 0.0452. The normalized spacial score (nSPS) is 21.2. The Bertz CT molecular complexity index is 993. The monoisotopic (exact) mass is 380 g/mol. The van der Waals surface area contributed by atoms with Crippen molar-refractivity contribution < 1.29 is 23.9 Å². The van der Waals surface area contributed by atoms with Crippen LogP contribution in [0.3, 0.4) is 0 Å². The van der Waals surface area contributed by atoms with Gasteiger partial charge in [0.2, 0.25) is 17.7 Å². The van der Waals surface area contributed by atoms with Crippen LogP contribution in [-0.2, 0) is 14.3 Å². The van der Waals surface area contributed by atoms with Gasteiger partial charge in [0.05, 0.1) is 30.0 Å². The number of carbonyl (C=O) groups excluding carboxylic acids is 4. The van der Waals surface area contributed by atoms with E-state index in [1.54, 1.807) is 24.3 Å². The number of imide groups is 1. The maximum Gasteiger partial charge on any atom is 0.340 e. The summed E-state index contributed by atoms with van der Waals surface area (Å²) in [7, 11) is 1.29. The number of aromatic nitrogens is 1. The lowest BCUT2D eigenvalue weighted by Gasteiger charge is -2.14. The molecule has 7 nitrogen and oxygen atoms in total. The van der Waals surface area contributed by atoms with Gasteiger partial charge in [0.25, 0.3) is 0 Å². The van der Waals surface area contributed by atoms with Crippen LogP contribution >= 0.6 is 0 Å². The maximum atomic E-state index is 12.8. The van der Waals surface area contributed by atoms with E-state index >= 15 is 0 Å². The highest BCUT2D eigenvalue weighted by Crippen LogP contribution is 2.35. The number of rotatable bonds is 4. The molecular formula is C21H20N2O5. The first-order valence-electron chi connectivity index (χ1n) is 9.24. The van der Waals surface area contributed by atoms with Crippen LogP contribution in [0.25, 0.3) is 10.9 Å². The Morgan fingerprint density at radius 1 is 1.07 bits per heavy atom. The molecule has 7 heteroatoms. The molecule has 2 aliphatic rings. The van der Waals surface area contributed by atoms with Crippen LogP contribution in [0, 0.1) is 11.8 Å². The van der Waals surface area contributed by atoms with E-state index in [1.165, 1.54) is 22.8 Å². The number of nitrogens with zero attached hydrogens (tertiary/aromatic N) is 2. The topological polar surface area (TPSA) is 85.7 Å². The molecule has 0 saturated carbocycles. The lowest BCUT2D eigenvalue weighted by molar-refractivity contribution is -0.139. The number of hydrogen-bond donors (Lipinski definition) is 0. The van der Waals surface area contributed by atoms with Gasteiger partial charge in [-0.2, -0.15) is 0 Å². The zero-order valence-electron chi connectivity index (χ0n) is 15.5. The third-order valence-corrected chi connectivity index (χ3v) is 5.53. The van der Waals surface area contributed by atoms with Crippen LogP contribution in [0.4, 0.5) is 0 Å². The molecule has 4 rings (SSSR count). The average molecular weight is 380 g/mol. The molecule has 2 atom stereocenters. The van der Waals surface area contributed by atoms with Crippen LogP contribution in [-0.4, -0.2) is 46.8 Å². The first kappa shape index (κ1) is 18.2. The molecule has 28 heavy (non-hydrogen) atoms. The van der Waals surface area contributed by atoms with E-state index in [4.69, 9.17) is 4.74 Å². The van der Waals surface area contributed by atoms with E-state index in [9.17, 15) is 19.2 Å². The molecule has 0 spiro atoms. The van der Waals surface area contributed by atoms with Crippen LogP contribution in [0.5, 0.6) is 0 Å². The summed E-state index contributed by atoms with van der Waals surface area (Å²) >= 11 is 0. The average Bonchev–Trinajstić information content (AvgIpc) is 3.23. The molecule has 0 bridgehead atoms. The largest absolute Gasteiger partial charge is 0.465 e. The van der Waals surface area contributed by atoms with E-state index in [2.05, 4.69) is 0 Å². The predicted octanol–water partition coefficient (Wildman–Crippen LogP) is 2.41. The van der Waals surface area contributed by atoms with Crippen LogP contribution < -0.4 is 0 Å². The molecule has 1 aromatic carbocycles. The number of likely N-dealkylation sites (tertiary alicyclic amines) is 1. The van der Waals surface area contributed by atoms with E-state index in [0.29, 0.717) is 29.3 Å². The van der Waals surface area contributed by atoms with Crippen molar-refractivity contribution in [1.29, 1.82) is 0 Å². The van der Waals surface area contributed by atoms with Crippen molar-refractivity contribution in [1.82, 2.24) is 9.47 Å². The van der Waals surface area contributed by atoms with Crippen molar-refractivity contribution >= 4 is 34.6 Å². The third-order valence-electron chi connectivity index (χ3n) is 5.53. The molecule has 2 heterocycles. The van der Waals surface area contributed by atoms with E-state index in [-0.39, 0.29) is 42.5 Å². The Kier molecular flexibility index (Phi) is 4.58. The third kappa shape index (κ3) is 2.83. The van der Waals surface area contributed by atoms with Gasteiger partial charge in [-0.15, -0.1) is 0 Å². The highest BCUT2D eigenvalue weighted by Gasteiger charge is 2.46. The molecule has 1 saturated heterocycles. The van der Waals surface area contributed by atoms with Crippen molar-refractivity contribution in [2.24, 2.45) is 11.8 Å². The zero-order chi connectivity index (χ0) is 19.8. The summed E-state index contributed by atoms with van der Waals surface area (Å²) in [5, 5.41) is 0.619. The summed E-state index contributed by atoms with van der Waals surface area (Å²) in [4.78, 5) is 51.1. The Morgan fingerprint density at radius 3 is 2.36 bits per heavy atom. The predicted molar refractivity (Wildman–Crippen MR) is 101 cm³/mol. The molecule has 2 amide bonds. The summed E-state index contributed by atoms with van der Waals surface area (Å²) in [5.74, 6) is -1.81. The van der Waals surface area contributed by atoms with Crippen LogP contribution in [0.15, 0.2) is 42.6 Å². The molecule has 1 aliphatic heterocycles. The quantitative estimate of drug-likeness (QED) is 0.462. The first-order chi connectivity index (χ1) is 13.5. The minimum Gasteiger partial charge on any atom is -0.465 e. The fourth-order valence-electron chi connectivity index (χ4n) is 4.08. The molecule has 1 aliphatic carbocycles. The smallest absolute Gasteiger partial charge is 0.340 e. The van der Waals surface area contributed by atoms with Gasteiger partial charge in [-0.05, 0) is 18.9 Å². The van der Waals surface area contributed by atoms with Crippen LogP contribution in [0.2, 0.25) is 0 Å². The second-order valence-corrected chi connectivity index (χ2v) is 7.05. The molecule has 1 aromatic heterocycles. The van der Waals surface area contributed by atoms with E-state index in [0.717, 1.165) is 0 Å². The number of hydrogen-bond acceptors (Lipinski definition) is 5. The van der Waals surface area contributed by atoms with Gasteiger partial charge in [0, 0.05) is 24.5 Å². The van der Waals surface area contributed by atoms with Gasteiger partial charge >= 0.3 is 5.97 Å². The molecule has 144 valence electrons. The van der Waals surface area contributed by atoms with Crippen molar-refractivity contribution in [3.63, 3.8) is 0 Å². The minimum absolute atomic E-state index is 0.0103. The number of para-hydroxylation sites is 1. The zero-order valence-corrected chi connectivity index (χ0v) is 15.5. The molecular weight excluding hydrogens is 360 g/mol. The highest BCUT2D eigenvalue weighted by molar-refractivity contribution is 6.08. The van der Waals surface area contributed by atoms with Crippen molar-refractivity contribution in [3.05, 3.63) is 48.2 Å². The van der Waals surface area contributed by atoms with E-state index in [1.807, 2.05) is 12.2 Å². The second kappa shape index (κ2) is 7.07. The highest BCUT2D eigenvalue weighted by atomic mass is 16.5. The number of ether oxygens (including phenoxy) is 1. The van der Waals surface area contributed by atoms with E-state index < -0.39 is 5.97 Å². The number of benzene rings is 1. The van der Waals surface area contributed by atoms with Gasteiger partial charge < -0.3 is 4.74 Å². The lowest BCUT2D eigenvalue weighted by Crippen LogP contribution is -2.33. The van der Waals surface area contributed by atoms with Crippen LogP contribution in [0.1, 0.15) is 34.4 Å². The van der Waals surface area contributed by atoms with Gasteiger partial charge in [0.1, 0.15) is 0 Å². The summed E-state index contributed by atoms with van der Waals surface area (Å²) in [5.41, 5.74) is 0.890.